The minimum Gasteiger partial charge on any atom is -0.309 e. The summed E-state index contributed by atoms with van der Waals surface area (Å²) in [5, 5.41) is 3.54. The van der Waals surface area contributed by atoms with Crippen LogP contribution in [-0.4, -0.2) is 24.1 Å². The van der Waals surface area contributed by atoms with Gasteiger partial charge < -0.3 is 9.13 Å². The number of para-hydroxylation sites is 2. The third-order valence-electron chi connectivity index (χ3n) is 9.64. The summed E-state index contributed by atoms with van der Waals surface area (Å²) in [4.78, 5) is 14.3. The molecule has 5 heteroatoms. The van der Waals surface area contributed by atoms with Gasteiger partial charge in [-0.2, -0.15) is 0 Å². The molecule has 10 rings (SSSR count). The lowest BCUT2D eigenvalue weighted by atomic mass is 9.98. The second-order valence-electron chi connectivity index (χ2n) is 12.5. The van der Waals surface area contributed by atoms with Crippen LogP contribution in [0, 0.1) is 0 Å². The van der Waals surface area contributed by atoms with Crippen molar-refractivity contribution < 1.29 is 0 Å². The first-order valence-electron chi connectivity index (χ1n) is 16.8. The number of pyridine rings is 3. The second kappa shape index (κ2) is 11.4. The van der Waals surface area contributed by atoms with E-state index in [-0.39, 0.29) is 0 Å². The number of hydrogen-bond acceptors (Lipinski definition) is 3. The lowest BCUT2D eigenvalue weighted by Gasteiger charge is -2.13. The molecule has 50 heavy (non-hydrogen) atoms. The molecular formula is C45H29N5. The highest BCUT2D eigenvalue weighted by atomic mass is 15.0. The first-order chi connectivity index (χ1) is 24.8. The molecule has 5 aromatic heterocycles. The molecule has 0 amide bonds. The Morgan fingerprint density at radius 2 is 1.00 bits per heavy atom. The van der Waals surface area contributed by atoms with E-state index in [1.54, 1.807) is 0 Å². The molecule has 0 aliphatic carbocycles. The molecule has 0 spiro atoms. The normalized spacial score (nSPS) is 11.6. The van der Waals surface area contributed by atoms with Gasteiger partial charge >= 0.3 is 0 Å². The first-order valence-corrected chi connectivity index (χ1v) is 16.8. The molecule has 0 aliphatic heterocycles. The van der Waals surface area contributed by atoms with Gasteiger partial charge in [-0.3, -0.25) is 15.0 Å². The van der Waals surface area contributed by atoms with Crippen molar-refractivity contribution in [3.05, 3.63) is 176 Å². The van der Waals surface area contributed by atoms with Gasteiger partial charge in [0.25, 0.3) is 0 Å². The van der Waals surface area contributed by atoms with Crippen molar-refractivity contribution in [3.8, 4) is 45.0 Å². The average Bonchev–Trinajstić information content (AvgIpc) is 3.71. The van der Waals surface area contributed by atoms with Crippen LogP contribution in [0.4, 0.5) is 0 Å². The molecule has 0 radical (unpaired) electrons. The van der Waals surface area contributed by atoms with E-state index < -0.39 is 0 Å². The van der Waals surface area contributed by atoms with Gasteiger partial charge in [-0.15, -0.1) is 0 Å². The largest absolute Gasteiger partial charge is 0.309 e. The Balaban J connectivity index is 1.23. The molecular weight excluding hydrogens is 611 g/mol. The van der Waals surface area contributed by atoms with E-state index in [1.165, 1.54) is 16.3 Å². The molecule has 0 aliphatic rings. The lowest BCUT2D eigenvalue weighted by molar-refractivity contribution is 1.17. The standard InChI is InChI=1S/C45H29N5/c1-2-12-33(13-3-1)49-41-22-21-30(29-37(41)45-43(49)20-11-25-48-45)35-15-10-19-42-44(35)36-14-4-5-18-40(36)50(42)34-27-31(38-16-6-8-23-46-38)26-32(28-34)39-17-7-9-24-47-39/h1-29H. The van der Waals surface area contributed by atoms with Gasteiger partial charge in [0.15, 0.2) is 0 Å². The van der Waals surface area contributed by atoms with Crippen molar-refractivity contribution in [1.82, 2.24) is 24.1 Å². The summed E-state index contributed by atoms with van der Waals surface area (Å²) < 4.78 is 4.69. The molecule has 234 valence electrons. The molecule has 0 unspecified atom stereocenters. The highest BCUT2D eigenvalue weighted by Gasteiger charge is 2.19. The SMILES string of the molecule is c1ccc(-n2c3ccc(-c4cccc5c4c4ccccc4n5-c4cc(-c5ccccn5)cc(-c5ccccn5)c4)cc3c3ncccc32)cc1. The fourth-order valence-corrected chi connectivity index (χ4v) is 7.50. The monoisotopic (exact) mass is 639 g/mol. The van der Waals surface area contributed by atoms with Gasteiger partial charge in [0.2, 0.25) is 0 Å². The van der Waals surface area contributed by atoms with Crippen LogP contribution in [0.25, 0.3) is 88.8 Å². The Morgan fingerprint density at radius 1 is 0.360 bits per heavy atom. The van der Waals surface area contributed by atoms with Crippen LogP contribution < -0.4 is 0 Å². The third kappa shape index (κ3) is 4.45. The molecule has 5 heterocycles. The highest BCUT2D eigenvalue weighted by Crippen LogP contribution is 2.41. The van der Waals surface area contributed by atoms with E-state index in [0.29, 0.717) is 0 Å². The van der Waals surface area contributed by atoms with Gasteiger partial charge in [-0.05, 0) is 102 Å². The van der Waals surface area contributed by atoms with Gasteiger partial charge in [-0.1, -0.05) is 66.7 Å². The zero-order valence-corrected chi connectivity index (χ0v) is 27.0. The average molecular weight is 640 g/mol. The minimum atomic E-state index is 0.921. The van der Waals surface area contributed by atoms with E-state index >= 15 is 0 Å². The number of aromatic nitrogens is 5. The van der Waals surface area contributed by atoms with Crippen LogP contribution in [-0.2, 0) is 0 Å². The molecule has 0 saturated heterocycles. The van der Waals surface area contributed by atoms with E-state index in [2.05, 4.69) is 137 Å². The first kappa shape index (κ1) is 28.2. The fourth-order valence-electron chi connectivity index (χ4n) is 7.50. The van der Waals surface area contributed by atoms with Crippen LogP contribution in [0.1, 0.15) is 0 Å². The molecule has 5 aromatic carbocycles. The van der Waals surface area contributed by atoms with Crippen molar-refractivity contribution in [2.75, 3.05) is 0 Å². The highest BCUT2D eigenvalue weighted by molar-refractivity contribution is 6.17. The number of fused-ring (bicyclic) bond motifs is 6. The summed E-state index contributed by atoms with van der Waals surface area (Å²) in [6.07, 6.45) is 5.58. The Labute approximate surface area is 288 Å². The number of benzene rings is 5. The van der Waals surface area contributed by atoms with Crippen molar-refractivity contribution in [1.29, 1.82) is 0 Å². The molecule has 0 N–H and O–H groups in total. The lowest BCUT2D eigenvalue weighted by Crippen LogP contribution is -1.97. The van der Waals surface area contributed by atoms with Crippen molar-refractivity contribution in [3.63, 3.8) is 0 Å². The van der Waals surface area contributed by atoms with Gasteiger partial charge in [0, 0.05) is 57.3 Å². The summed E-state index contributed by atoms with van der Waals surface area (Å²) in [6, 6.07) is 55.6. The topological polar surface area (TPSA) is 48.5 Å². The molecule has 0 atom stereocenters. The van der Waals surface area contributed by atoms with E-state index in [9.17, 15) is 0 Å². The summed E-state index contributed by atoms with van der Waals surface area (Å²) in [5.41, 5.74) is 13.9. The molecule has 10 aromatic rings. The van der Waals surface area contributed by atoms with Crippen LogP contribution >= 0.6 is 0 Å². The van der Waals surface area contributed by atoms with Gasteiger partial charge in [0.1, 0.15) is 0 Å². The van der Waals surface area contributed by atoms with Crippen LogP contribution in [0.3, 0.4) is 0 Å². The summed E-state index contributed by atoms with van der Waals surface area (Å²) in [5.74, 6) is 0. The van der Waals surface area contributed by atoms with Crippen molar-refractivity contribution in [2.45, 2.75) is 0 Å². The Hall–Kier alpha value is -6.85. The van der Waals surface area contributed by atoms with E-state index in [0.717, 1.165) is 72.4 Å². The number of hydrogen-bond donors (Lipinski definition) is 0. The maximum Gasteiger partial charge on any atom is 0.0963 e. The van der Waals surface area contributed by atoms with Crippen molar-refractivity contribution >= 4 is 43.7 Å². The summed E-state index contributed by atoms with van der Waals surface area (Å²) >= 11 is 0. The van der Waals surface area contributed by atoms with Crippen LogP contribution in [0.2, 0.25) is 0 Å². The smallest absolute Gasteiger partial charge is 0.0963 e. The Kier molecular flexibility index (Phi) is 6.42. The fraction of sp³-hybridized carbons (Fsp3) is 0. The van der Waals surface area contributed by atoms with Crippen molar-refractivity contribution in [2.24, 2.45) is 0 Å². The molecule has 0 bridgehead atoms. The Morgan fingerprint density at radius 3 is 1.76 bits per heavy atom. The van der Waals surface area contributed by atoms with Gasteiger partial charge in [0.05, 0.1) is 39.0 Å². The molecule has 5 nitrogen and oxygen atoms in total. The Bertz CT molecular complexity index is 2800. The molecule has 0 saturated carbocycles. The zero-order chi connectivity index (χ0) is 33.0. The van der Waals surface area contributed by atoms with Gasteiger partial charge in [-0.25, -0.2) is 0 Å². The number of rotatable bonds is 5. The quantitative estimate of drug-likeness (QED) is 0.188. The summed E-state index contributed by atoms with van der Waals surface area (Å²) in [6.45, 7) is 0. The third-order valence-corrected chi connectivity index (χ3v) is 9.64. The van der Waals surface area contributed by atoms with E-state index in [4.69, 9.17) is 15.0 Å². The maximum absolute atomic E-state index is 4.88. The van der Waals surface area contributed by atoms with Crippen LogP contribution in [0.5, 0.6) is 0 Å². The predicted molar refractivity (Wildman–Crippen MR) is 205 cm³/mol. The number of nitrogens with zero attached hydrogens (tertiary/aromatic N) is 5. The molecule has 0 fully saturated rings. The minimum absolute atomic E-state index is 0.921. The maximum atomic E-state index is 4.88. The van der Waals surface area contributed by atoms with E-state index in [1.807, 2.05) is 48.9 Å². The second-order valence-corrected chi connectivity index (χ2v) is 12.5. The zero-order valence-electron chi connectivity index (χ0n) is 27.0. The predicted octanol–water partition coefficient (Wildman–Crippen LogP) is 11.1. The summed E-state index contributed by atoms with van der Waals surface area (Å²) in [7, 11) is 0. The van der Waals surface area contributed by atoms with Crippen LogP contribution in [0.15, 0.2) is 176 Å².